The highest BCUT2D eigenvalue weighted by molar-refractivity contribution is 6.23. The summed E-state index contributed by atoms with van der Waals surface area (Å²) in [6.45, 7) is 5.96. The van der Waals surface area contributed by atoms with E-state index < -0.39 is 5.91 Å². The Balaban J connectivity index is 0.00000106. The minimum atomic E-state index is -0.594. The number of allylic oxidation sites excluding steroid dienone is 5. The lowest BCUT2D eigenvalue weighted by atomic mass is 10.2. The molecule has 4 nitrogen and oxygen atoms in total. The zero-order chi connectivity index (χ0) is 15.8. The maximum atomic E-state index is 11.0. The third-order valence-electron chi connectivity index (χ3n) is 2.48. The van der Waals surface area contributed by atoms with Crippen molar-refractivity contribution >= 4 is 17.5 Å². The normalized spacial score (nSPS) is 16.9. The predicted octanol–water partition coefficient (Wildman–Crippen LogP) is 3.59. The van der Waals surface area contributed by atoms with Crippen molar-refractivity contribution in [3.8, 4) is 5.75 Å². The van der Waals surface area contributed by atoms with E-state index in [1.807, 2.05) is 39.0 Å². The molecule has 0 bridgehead atoms. The van der Waals surface area contributed by atoms with Crippen LogP contribution in [0.2, 0.25) is 0 Å². The molecule has 0 aliphatic heterocycles. The number of carbonyl (C=O) groups is 1. The van der Waals surface area contributed by atoms with Crippen LogP contribution in [0.1, 0.15) is 31.3 Å². The third kappa shape index (κ3) is 5.44. The van der Waals surface area contributed by atoms with E-state index in [9.17, 15) is 4.79 Å². The molecule has 1 atom stereocenters. The molecule has 0 saturated carbocycles. The summed E-state index contributed by atoms with van der Waals surface area (Å²) in [5, 5.41) is -0.234. The summed E-state index contributed by atoms with van der Waals surface area (Å²) in [5.74, 6) is 0.501. The van der Waals surface area contributed by atoms with E-state index in [1.54, 1.807) is 12.1 Å². The molecule has 1 unspecified atom stereocenters. The molecule has 0 saturated heterocycles. The van der Waals surface area contributed by atoms with Crippen LogP contribution in [-0.4, -0.2) is 16.3 Å². The highest BCUT2D eigenvalue weighted by atomic mass is 35.5. The van der Waals surface area contributed by atoms with Crippen molar-refractivity contribution in [3.05, 3.63) is 59.7 Å². The molecule has 0 spiro atoms. The Morgan fingerprint density at radius 3 is 2.71 bits per heavy atom. The number of hydrogen-bond donors (Lipinski definition) is 1. The van der Waals surface area contributed by atoms with Gasteiger partial charge in [0, 0.05) is 12.3 Å². The number of ether oxygens (including phenoxy) is 1. The largest absolute Gasteiger partial charge is 0.458 e. The third-order valence-corrected chi connectivity index (χ3v) is 2.73. The standard InChI is InChI=1S/C14H13ClN2O2.C2H6/c1-9-2-3-11(7-10(15)6-9)19-12-4-5-17-13(8-12)14(16)18;1-2/h2-8,10H,1H3,(H2,16,18);1-2H3. The smallest absolute Gasteiger partial charge is 0.267 e. The van der Waals surface area contributed by atoms with E-state index in [-0.39, 0.29) is 11.1 Å². The maximum Gasteiger partial charge on any atom is 0.267 e. The summed E-state index contributed by atoms with van der Waals surface area (Å²) in [7, 11) is 0. The van der Waals surface area contributed by atoms with E-state index in [2.05, 4.69) is 4.98 Å². The number of pyridine rings is 1. The van der Waals surface area contributed by atoms with Gasteiger partial charge in [-0.3, -0.25) is 9.78 Å². The summed E-state index contributed by atoms with van der Waals surface area (Å²) in [5.41, 5.74) is 6.38. The maximum absolute atomic E-state index is 11.0. The van der Waals surface area contributed by atoms with Gasteiger partial charge in [-0.25, -0.2) is 0 Å². The van der Waals surface area contributed by atoms with Gasteiger partial charge >= 0.3 is 0 Å². The van der Waals surface area contributed by atoms with Gasteiger partial charge in [-0.05, 0) is 25.1 Å². The minimum Gasteiger partial charge on any atom is -0.458 e. The number of amides is 1. The van der Waals surface area contributed by atoms with Crippen molar-refractivity contribution in [2.75, 3.05) is 0 Å². The summed E-state index contributed by atoms with van der Waals surface area (Å²) in [6, 6.07) is 3.14. The fraction of sp³-hybridized carbons (Fsp3) is 0.250. The van der Waals surface area contributed by atoms with Gasteiger partial charge in [0.05, 0.1) is 5.38 Å². The molecular weight excluding hydrogens is 288 g/mol. The zero-order valence-corrected chi connectivity index (χ0v) is 13.1. The SMILES string of the molecule is CC.CC1=CC(Cl)C=C(Oc2ccnc(C(N)=O)c2)C=C1. The van der Waals surface area contributed by atoms with Crippen LogP contribution >= 0.6 is 11.6 Å². The lowest BCUT2D eigenvalue weighted by Gasteiger charge is -2.07. The Morgan fingerprint density at radius 1 is 1.33 bits per heavy atom. The first kappa shape index (κ1) is 17.0. The number of carbonyl (C=O) groups excluding carboxylic acids is 1. The Labute approximate surface area is 130 Å². The van der Waals surface area contributed by atoms with E-state index in [1.165, 1.54) is 12.3 Å². The Bertz CT molecular complexity index is 592. The summed E-state index contributed by atoms with van der Waals surface area (Å²) < 4.78 is 5.65. The first-order valence-corrected chi connectivity index (χ1v) is 7.14. The summed E-state index contributed by atoms with van der Waals surface area (Å²) >= 11 is 6.10. The first-order chi connectivity index (χ1) is 10.0. The van der Waals surface area contributed by atoms with E-state index in [0.717, 1.165) is 5.57 Å². The number of primary amides is 1. The second-order valence-corrected chi connectivity index (χ2v) is 4.60. The predicted molar refractivity (Wildman–Crippen MR) is 85.4 cm³/mol. The van der Waals surface area contributed by atoms with Crippen LogP contribution in [-0.2, 0) is 0 Å². The zero-order valence-electron chi connectivity index (χ0n) is 12.3. The number of halogens is 1. The van der Waals surface area contributed by atoms with Gasteiger partial charge in [0.2, 0.25) is 0 Å². The van der Waals surface area contributed by atoms with Crippen molar-refractivity contribution in [3.63, 3.8) is 0 Å². The quantitative estimate of drug-likeness (QED) is 0.868. The molecule has 21 heavy (non-hydrogen) atoms. The van der Waals surface area contributed by atoms with E-state index in [0.29, 0.717) is 11.5 Å². The molecule has 1 heterocycles. The fourth-order valence-electron chi connectivity index (χ4n) is 1.59. The van der Waals surface area contributed by atoms with E-state index in [4.69, 9.17) is 22.1 Å². The van der Waals surface area contributed by atoms with Gasteiger partial charge in [-0.1, -0.05) is 31.6 Å². The van der Waals surface area contributed by atoms with Gasteiger partial charge in [-0.15, -0.1) is 11.6 Å². The molecule has 1 aromatic rings. The highest BCUT2D eigenvalue weighted by Crippen LogP contribution is 2.19. The van der Waals surface area contributed by atoms with Crippen LogP contribution < -0.4 is 10.5 Å². The lowest BCUT2D eigenvalue weighted by Crippen LogP contribution is -2.12. The number of nitrogens with zero attached hydrogens (tertiary/aromatic N) is 1. The summed E-state index contributed by atoms with van der Waals surface area (Å²) in [6.07, 6.45) is 8.88. The Hall–Kier alpha value is -2.07. The Morgan fingerprint density at radius 2 is 2.05 bits per heavy atom. The van der Waals surface area contributed by atoms with Gasteiger partial charge in [0.1, 0.15) is 17.2 Å². The second kappa shape index (κ2) is 8.27. The molecule has 2 rings (SSSR count). The molecular formula is C16H19ClN2O2. The van der Waals surface area contributed by atoms with E-state index >= 15 is 0 Å². The van der Waals surface area contributed by atoms with Crippen LogP contribution in [0.25, 0.3) is 0 Å². The van der Waals surface area contributed by atoms with Gasteiger partial charge in [-0.2, -0.15) is 0 Å². The molecule has 1 aromatic heterocycles. The first-order valence-electron chi connectivity index (χ1n) is 6.71. The topological polar surface area (TPSA) is 65.2 Å². The van der Waals surface area contributed by atoms with Crippen molar-refractivity contribution in [1.29, 1.82) is 0 Å². The fourth-order valence-corrected chi connectivity index (χ4v) is 1.92. The molecule has 112 valence electrons. The molecule has 0 aromatic carbocycles. The van der Waals surface area contributed by atoms with Crippen molar-refractivity contribution in [2.24, 2.45) is 5.73 Å². The number of hydrogen-bond acceptors (Lipinski definition) is 3. The summed E-state index contributed by atoms with van der Waals surface area (Å²) in [4.78, 5) is 14.9. The van der Waals surface area contributed by atoms with Crippen molar-refractivity contribution in [2.45, 2.75) is 26.1 Å². The van der Waals surface area contributed by atoms with Crippen LogP contribution in [0.4, 0.5) is 0 Å². The van der Waals surface area contributed by atoms with Crippen LogP contribution in [0.5, 0.6) is 5.75 Å². The minimum absolute atomic E-state index is 0.160. The molecule has 0 fully saturated rings. The van der Waals surface area contributed by atoms with Crippen LogP contribution in [0, 0.1) is 0 Å². The molecule has 0 radical (unpaired) electrons. The number of rotatable bonds is 3. The van der Waals surface area contributed by atoms with Crippen LogP contribution in [0.15, 0.2) is 54.0 Å². The second-order valence-electron chi connectivity index (χ2n) is 4.10. The number of alkyl halides is 1. The van der Waals surface area contributed by atoms with Gasteiger partial charge in [0.15, 0.2) is 0 Å². The molecule has 1 aliphatic rings. The average Bonchev–Trinajstić information content (AvgIpc) is 2.62. The number of aromatic nitrogens is 1. The highest BCUT2D eigenvalue weighted by Gasteiger charge is 2.08. The van der Waals surface area contributed by atoms with Crippen molar-refractivity contribution in [1.82, 2.24) is 4.98 Å². The lowest BCUT2D eigenvalue weighted by molar-refractivity contribution is 0.0995. The number of nitrogens with two attached hydrogens (primary N) is 1. The average molecular weight is 307 g/mol. The molecule has 2 N–H and O–H groups in total. The molecule has 5 heteroatoms. The monoisotopic (exact) mass is 306 g/mol. The molecule has 1 aliphatic carbocycles. The van der Waals surface area contributed by atoms with Gasteiger partial charge < -0.3 is 10.5 Å². The molecule has 1 amide bonds. The Kier molecular flexibility index (Phi) is 6.69. The van der Waals surface area contributed by atoms with Gasteiger partial charge in [0.25, 0.3) is 5.91 Å². The van der Waals surface area contributed by atoms with Crippen LogP contribution in [0.3, 0.4) is 0 Å². The van der Waals surface area contributed by atoms with Crippen molar-refractivity contribution < 1.29 is 9.53 Å².